The Kier molecular flexibility index (Phi) is 6.91. The van der Waals surface area contributed by atoms with E-state index in [0.717, 1.165) is 11.6 Å². The van der Waals surface area contributed by atoms with Gasteiger partial charge in [-0.1, -0.05) is 12.1 Å². The number of nitro groups is 1. The molecule has 0 atom stereocenters. The fourth-order valence-electron chi connectivity index (χ4n) is 2.54. The van der Waals surface area contributed by atoms with Gasteiger partial charge in [-0.25, -0.2) is 4.79 Å². The molecule has 0 fully saturated rings. The number of ether oxygens (including phenoxy) is 2. The minimum absolute atomic E-state index is 0.129. The van der Waals surface area contributed by atoms with Gasteiger partial charge in [0.05, 0.1) is 30.3 Å². The van der Waals surface area contributed by atoms with E-state index in [9.17, 15) is 19.7 Å². The van der Waals surface area contributed by atoms with E-state index in [2.05, 4.69) is 5.32 Å². The predicted molar refractivity (Wildman–Crippen MR) is 100 cm³/mol. The van der Waals surface area contributed by atoms with Gasteiger partial charge in [0.15, 0.2) is 11.5 Å². The van der Waals surface area contributed by atoms with Crippen LogP contribution in [0.5, 0.6) is 11.5 Å². The summed E-state index contributed by atoms with van der Waals surface area (Å²) in [5.74, 6) is -1.22. The van der Waals surface area contributed by atoms with Crippen molar-refractivity contribution in [3.8, 4) is 11.5 Å². The molecule has 0 spiro atoms. The monoisotopic (exact) mass is 388 g/mol. The second-order valence-corrected chi connectivity index (χ2v) is 5.72. The lowest BCUT2D eigenvalue weighted by molar-refractivity contribution is -0.385. The van der Waals surface area contributed by atoms with Crippen molar-refractivity contribution in [2.45, 2.75) is 13.3 Å². The molecule has 9 nitrogen and oxygen atoms in total. The molecular formula is C19H20N2O7. The van der Waals surface area contributed by atoms with E-state index in [4.69, 9.17) is 14.6 Å². The number of nitrogens with one attached hydrogen (secondary N) is 1. The topological polar surface area (TPSA) is 128 Å². The molecular weight excluding hydrogens is 368 g/mol. The van der Waals surface area contributed by atoms with E-state index >= 15 is 0 Å². The van der Waals surface area contributed by atoms with Crippen molar-refractivity contribution in [1.82, 2.24) is 5.32 Å². The van der Waals surface area contributed by atoms with Crippen LogP contribution < -0.4 is 14.8 Å². The van der Waals surface area contributed by atoms with E-state index in [-0.39, 0.29) is 34.9 Å². The zero-order valence-corrected chi connectivity index (χ0v) is 15.4. The third kappa shape index (κ3) is 4.97. The highest BCUT2D eigenvalue weighted by Gasteiger charge is 2.24. The Balaban J connectivity index is 2.12. The first-order valence-electron chi connectivity index (χ1n) is 8.47. The average Bonchev–Trinajstić information content (AvgIpc) is 2.68. The molecule has 28 heavy (non-hydrogen) atoms. The molecule has 2 aromatic rings. The number of hydrogen-bond donors (Lipinski definition) is 2. The molecule has 0 radical (unpaired) electrons. The van der Waals surface area contributed by atoms with Crippen molar-refractivity contribution in [2.75, 3.05) is 20.3 Å². The van der Waals surface area contributed by atoms with E-state index in [1.165, 1.54) is 25.3 Å². The molecule has 0 unspecified atom stereocenters. The molecule has 9 heteroatoms. The fourth-order valence-corrected chi connectivity index (χ4v) is 2.54. The molecule has 2 rings (SSSR count). The summed E-state index contributed by atoms with van der Waals surface area (Å²) in [4.78, 5) is 34.0. The van der Waals surface area contributed by atoms with Gasteiger partial charge in [0, 0.05) is 12.6 Å². The summed E-state index contributed by atoms with van der Waals surface area (Å²) in [7, 11) is 1.36. The SMILES string of the molecule is CCOc1cc(C(=O)NCCc2ccc(C(=O)O)cc2)c([N+](=O)[O-])cc1OC. The third-order valence-corrected chi connectivity index (χ3v) is 3.92. The second kappa shape index (κ2) is 9.36. The molecule has 2 aromatic carbocycles. The van der Waals surface area contributed by atoms with Gasteiger partial charge < -0.3 is 19.9 Å². The Morgan fingerprint density at radius 1 is 1.18 bits per heavy atom. The number of carboxylic acids is 1. The zero-order chi connectivity index (χ0) is 20.7. The maximum absolute atomic E-state index is 12.5. The van der Waals surface area contributed by atoms with Crippen LogP contribution in [0.25, 0.3) is 0 Å². The summed E-state index contributed by atoms with van der Waals surface area (Å²) in [6.45, 7) is 2.27. The van der Waals surface area contributed by atoms with Gasteiger partial charge in [0.25, 0.3) is 11.6 Å². The van der Waals surface area contributed by atoms with Gasteiger partial charge >= 0.3 is 5.97 Å². The van der Waals surface area contributed by atoms with Crippen LogP contribution in [0.3, 0.4) is 0 Å². The van der Waals surface area contributed by atoms with Crippen LogP contribution in [-0.2, 0) is 6.42 Å². The number of amides is 1. The largest absolute Gasteiger partial charge is 0.493 e. The average molecular weight is 388 g/mol. The molecule has 0 aromatic heterocycles. The number of carbonyl (C=O) groups excluding carboxylic acids is 1. The number of aromatic carboxylic acids is 1. The number of nitrogens with zero attached hydrogens (tertiary/aromatic N) is 1. The minimum atomic E-state index is -1.02. The molecule has 0 heterocycles. The van der Waals surface area contributed by atoms with Gasteiger partial charge in [-0.2, -0.15) is 0 Å². The van der Waals surface area contributed by atoms with Crippen LogP contribution >= 0.6 is 0 Å². The lowest BCUT2D eigenvalue weighted by atomic mass is 10.1. The Bertz CT molecular complexity index is 879. The quantitative estimate of drug-likeness (QED) is 0.499. The third-order valence-electron chi connectivity index (χ3n) is 3.92. The number of methoxy groups -OCH3 is 1. The summed E-state index contributed by atoms with van der Waals surface area (Å²) in [5.41, 5.74) is 0.480. The van der Waals surface area contributed by atoms with Crippen LogP contribution in [-0.4, -0.2) is 42.2 Å². The molecule has 0 aliphatic rings. The first kappa shape index (κ1) is 20.7. The van der Waals surface area contributed by atoms with Crippen LogP contribution in [0.2, 0.25) is 0 Å². The van der Waals surface area contributed by atoms with Gasteiger partial charge in [-0.15, -0.1) is 0 Å². The van der Waals surface area contributed by atoms with Crippen LogP contribution in [0.4, 0.5) is 5.69 Å². The molecule has 0 bridgehead atoms. The summed E-state index contributed by atoms with van der Waals surface area (Å²) in [5, 5.41) is 22.8. The summed E-state index contributed by atoms with van der Waals surface area (Å²) in [6, 6.07) is 8.70. The first-order valence-corrected chi connectivity index (χ1v) is 8.47. The number of nitro benzene ring substituents is 1. The highest BCUT2D eigenvalue weighted by Crippen LogP contribution is 2.34. The highest BCUT2D eigenvalue weighted by molar-refractivity contribution is 5.99. The van der Waals surface area contributed by atoms with Crippen LogP contribution in [0.15, 0.2) is 36.4 Å². The van der Waals surface area contributed by atoms with Gasteiger partial charge in [0.1, 0.15) is 5.56 Å². The van der Waals surface area contributed by atoms with E-state index < -0.39 is 16.8 Å². The Morgan fingerprint density at radius 2 is 1.86 bits per heavy atom. The standard InChI is InChI=1S/C19H20N2O7/c1-3-28-17-10-14(15(21(25)26)11-16(17)27-2)18(22)20-9-8-12-4-6-13(7-5-12)19(23)24/h4-7,10-11H,3,8-9H2,1-2H3,(H,20,22)(H,23,24). The minimum Gasteiger partial charge on any atom is -0.493 e. The van der Waals surface area contributed by atoms with E-state index in [1.54, 1.807) is 19.1 Å². The van der Waals surface area contributed by atoms with Gasteiger partial charge in [-0.05, 0) is 31.0 Å². The van der Waals surface area contributed by atoms with E-state index in [0.29, 0.717) is 13.0 Å². The van der Waals surface area contributed by atoms with Crippen molar-refractivity contribution >= 4 is 17.6 Å². The van der Waals surface area contributed by atoms with Crippen molar-refractivity contribution in [3.05, 3.63) is 63.2 Å². The van der Waals surface area contributed by atoms with E-state index in [1.807, 2.05) is 0 Å². The maximum atomic E-state index is 12.5. The molecule has 2 N–H and O–H groups in total. The van der Waals surface area contributed by atoms with Crippen molar-refractivity contribution in [2.24, 2.45) is 0 Å². The lowest BCUT2D eigenvalue weighted by Gasteiger charge is -2.12. The maximum Gasteiger partial charge on any atom is 0.335 e. The number of hydrogen-bond acceptors (Lipinski definition) is 6. The number of benzene rings is 2. The Hall–Kier alpha value is -3.62. The predicted octanol–water partition coefficient (Wildman–Crippen LogP) is 2.67. The van der Waals surface area contributed by atoms with Crippen molar-refractivity contribution < 1.29 is 29.1 Å². The molecule has 0 saturated carbocycles. The fraction of sp³-hybridized carbons (Fsp3) is 0.263. The van der Waals surface area contributed by atoms with Gasteiger partial charge in [-0.3, -0.25) is 14.9 Å². The number of carbonyl (C=O) groups is 2. The highest BCUT2D eigenvalue weighted by atomic mass is 16.6. The van der Waals surface area contributed by atoms with Crippen molar-refractivity contribution in [3.63, 3.8) is 0 Å². The van der Waals surface area contributed by atoms with Crippen molar-refractivity contribution in [1.29, 1.82) is 0 Å². The number of carboxylic acid groups (broad SMARTS) is 1. The van der Waals surface area contributed by atoms with Crippen LogP contribution in [0.1, 0.15) is 33.2 Å². The molecule has 0 aliphatic carbocycles. The summed E-state index contributed by atoms with van der Waals surface area (Å²) in [6.07, 6.45) is 0.438. The first-order chi connectivity index (χ1) is 13.4. The molecule has 1 amide bonds. The Morgan fingerprint density at radius 3 is 2.39 bits per heavy atom. The molecule has 0 aliphatic heterocycles. The lowest BCUT2D eigenvalue weighted by Crippen LogP contribution is -2.26. The number of rotatable bonds is 9. The smallest absolute Gasteiger partial charge is 0.335 e. The Labute approximate surface area is 161 Å². The normalized spacial score (nSPS) is 10.2. The summed E-state index contributed by atoms with van der Waals surface area (Å²) >= 11 is 0. The molecule has 0 saturated heterocycles. The second-order valence-electron chi connectivity index (χ2n) is 5.72. The van der Waals surface area contributed by atoms with Crippen LogP contribution in [0, 0.1) is 10.1 Å². The molecule has 148 valence electrons. The van der Waals surface area contributed by atoms with Gasteiger partial charge in [0.2, 0.25) is 0 Å². The zero-order valence-electron chi connectivity index (χ0n) is 15.4. The summed E-state index contributed by atoms with van der Waals surface area (Å²) < 4.78 is 10.5.